The van der Waals surface area contributed by atoms with Crippen LogP contribution >= 0.6 is 11.6 Å². The number of aromatic nitrogens is 1. The van der Waals surface area contributed by atoms with Crippen LogP contribution in [0.1, 0.15) is 29.8 Å². The lowest BCUT2D eigenvalue weighted by atomic mass is 10.2. The molecule has 0 bridgehead atoms. The molecule has 1 aromatic carbocycles. The molecule has 7 nitrogen and oxygen atoms in total. The number of hydrogen-bond acceptors (Lipinski definition) is 4. The van der Waals surface area contributed by atoms with Crippen LogP contribution in [0.4, 0.5) is 5.69 Å². The number of piperazine rings is 1. The van der Waals surface area contributed by atoms with E-state index in [4.69, 9.17) is 11.6 Å². The predicted molar refractivity (Wildman–Crippen MR) is 118 cm³/mol. The zero-order valence-corrected chi connectivity index (χ0v) is 18.7. The van der Waals surface area contributed by atoms with E-state index in [-0.39, 0.29) is 10.8 Å². The van der Waals surface area contributed by atoms with E-state index in [1.807, 2.05) is 24.3 Å². The fourth-order valence-corrected chi connectivity index (χ4v) is 5.84. The Morgan fingerprint density at radius 1 is 0.933 bits per heavy atom. The summed E-state index contributed by atoms with van der Waals surface area (Å²) in [5, 5.41) is 0.701. The van der Waals surface area contributed by atoms with E-state index < -0.39 is 10.0 Å². The molecular weight excluding hydrogens is 424 g/mol. The molecule has 2 saturated heterocycles. The monoisotopic (exact) mass is 450 g/mol. The molecule has 0 spiro atoms. The molecule has 4 rings (SSSR count). The largest absolute Gasteiger partial charge is 0.368 e. The van der Waals surface area contributed by atoms with Gasteiger partial charge in [0.15, 0.2) is 0 Å². The Bertz CT molecular complexity index is 1010. The molecule has 3 heterocycles. The molecule has 9 heteroatoms. The van der Waals surface area contributed by atoms with Crippen molar-refractivity contribution in [1.29, 1.82) is 0 Å². The molecule has 30 heavy (non-hydrogen) atoms. The standard InChI is InChI=1S/C21H27ClN4O3S/c1-23-16-19(30(28,29)26-9-3-2-4-10-26)15-20(23)21(27)25-13-11-24(12-14-25)18-7-5-17(22)6-8-18/h5-8,15-16H,2-4,9-14H2,1H3. The number of nitrogens with zero attached hydrogens (tertiary/aromatic N) is 4. The molecule has 2 aliphatic heterocycles. The number of carbonyl (C=O) groups is 1. The van der Waals surface area contributed by atoms with E-state index in [1.54, 1.807) is 22.7 Å². The van der Waals surface area contributed by atoms with Gasteiger partial charge in [0.05, 0.1) is 0 Å². The molecule has 0 N–H and O–H groups in total. The summed E-state index contributed by atoms with van der Waals surface area (Å²) in [7, 11) is -1.82. The fourth-order valence-electron chi connectivity index (χ4n) is 4.12. The van der Waals surface area contributed by atoms with Crippen molar-refractivity contribution in [3.8, 4) is 0 Å². The van der Waals surface area contributed by atoms with Crippen molar-refractivity contribution in [3.63, 3.8) is 0 Å². The quantitative estimate of drug-likeness (QED) is 0.718. The lowest BCUT2D eigenvalue weighted by Crippen LogP contribution is -2.49. The molecule has 162 valence electrons. The molecule has 1 amide bonds. The summed E-state index contributed by atoms with van der Waals surface area (Å²) in [5.74, 6) is -0.131. The first kappa shape index (κ1) is 21.2. The van der Waals surface area contributed by atoms with E-state index in [9.17, 15) is 13.2 Å². The number of benzene rings is 1. The van der Waals surface area contributed by atoms with Crippen LogP contribution in [0.3, 0.4) is 0 Å². The topological polar surface area (TPSA) is 65.9 Å². The molecule has 2 fully saturated rings. The van der Waals surface area contributed by atoms with Crippen LogP contribution in [-0.4, -0.2) is 67.4 Å². The highest BCUT2D eigenvalue weighted by molar-refractivity contribution is 7.89. The summed E-state index contributed by atoms with van der Waals surface area (Å²) in [6, 6.07) is 9.21. The number of piperidine rings is 1. The molecule has 0 unspecified atom stereocenters. The van der Waals surface area contributed by atoms with Gasteiger partial charge in [0.25, 0.3) is 5.91 Å². The summed E-state index contributed by atoms with van der Waals surface area (Å²) in [4.78, 5) is 17.3. The van der Waals surface area contributed by atoms with E-state index in [2.05, 4.69) is 4.90 Å². The predicted octanol–water partition coefficient (Wildman–Crippen LogP) is 2.82. The Balaban J connectivity index is 1.45. The van der Waals surface area contributed by atoms with Crippen LogP contribution in [0.25, 0.3) is 0 Å². The number of halogens is 1. The summed E-state index contributed by atoms with van der Waals surface area (Å²) in [5.41, 5.74) is 1.49. The first-order valence-electron chi connectivity index (χ1n) is 10.3. The number of rotatable bonds is 4. The normalized spacial score (nSPS) is 18.6. The Morgan fingerprint density at radius 3 is 2.20 bits per heavy atom. The molecular formula is C21H27ClN4O3S. The summed E-state index contributed by atoms with van der Waals surface area (Å²) in [6.07, 6.45) is 4.39. The summed E-state index contributed by atoms with van der Waals surface area (Å²) in [6.45, 7) is 3.70. The summed E-state index contributed by atoms with van der Waals surface area (Å²) < 4.78 is 29.1. The Kier molecular flexibility index (Phi) is 6.09. The third-order valence-corrected chi connectivity index (χ3v) is 8.03. The molecule has 0 aliphatic carbocycles. The van der Waals surface area contributed by atoms with Crippen molar-refractivity contribution in [2.45, 2.75) is 24.2 Å². The van der Waals surface area contributed by atoms with Crippen molar-refractivity contribution in [3.05, 3.63) is 47.2 Å². The number of carbonyl (C=O) groups excluding carboxylic acids is 1. The van der Waals surface area contributed by atoms with Crippen LogP contribution in [-0.2, 0) is 17.1 Å². The van der Waals surface area contributed by atoms with E-state index in [0.717, 1.165) is 38.0 Å². The minimum Gasteiger partial charge on any atom is -0.368 e. The van der Waals surface area contributed by atoms with E-state index in [0.29, 0.717) is 36.9 Å². The zero-order valence-electron chi connectivity index (χ0n) is 17.1. The van der Waals surface area contributed by atoms with E-state index in [1.165, 1.54) is 10.4 Å². The van der Waals surface area contributed by atoms with Gasteiger partial charge in [0.2, 0.25) is 10.0 Å². The molecule has 2 aliphatic rings. The van der Waals surface area contributed by atoms with Gasteiger partial charge in [-0.25, -0.2) is 8.42 Å². The van der Waals surface area contributed by atoms with Crippen molar-refractivity contribution < 1.29 is 13.2 Å². The smallest absolute Gasteiger partial charge is 0.270 e. The minimum absolute atomic E-state index is 0.131. The van der Waals surface area contributed by atoms with Crippen molar-refractivity contribution in [2.24, 2.45) is 7.05 Å². The second-order valence-electron chi connectivity index (χ2n) is 7.89. The van der Waals surface area contributed by atoms with E-state index >= 15 is 0 Å². The highest BCUT2D eigenvalue weighted by atomic mass is 35.5. The number of amides is 1. The molecule has 0 saturated carbocycles. The molecule has 1 aromatic heterocycles. The average molecular weight is 451 g/mol. The second kappa shape index (κ2) is 8.61. The van der Waals surface area contributed by atoms with Gasteiger partial charge < -0.3 is 14.4 Å². The SMILES string of the molecule is Cn1cc(S(=O)(=O)N2CCCCC2)cc1C(=O)N1CCN(c2ccc(Cl)cc2)CC1. The lowest BCUT2D eigenvalue weighted by molar-refractivity contribution is 0.0737. The van der Waals surface area contributed by atoms with Crippen molar-refractivity contribution in [1.82, 2.24) is 13.8 Å². The van der Waals surface area contributed by atoms with Crippen LogP contribution < -0.4 is 4.90 Å². The maximum atomic E-state index is 13.1. The number of sulfonamides is 1. The van der Waals surface area contributed by atoms with Crippen molar-refractivity contribution in [2.75, 3.05) is 44.2 Å². The van der Waals surface area contributed by atoms with Crippen molar-refractivity contribution >= 4 is 33.2 Å². The van der Waals surface area contributed by atoms with Gasteiger partial charge in [-0.2, -0.15) is 4.31 Å². The summed E-state index contributed by atoms with van der Waals surface area (Å²) >= 11 is 5.96. The first-order chi connectivity index (χ1) is 14.4. The van der Waals surface area contributed by atoms with Crippen LogP contribution in [0, 0.1) is 0 Å². The van der Waals surface area contributed by atoms with Gasteiger partial charge in [-0.3, -0.25) is 4.79 Å². The second-order valence-corrected chi connectivity index (χ2v) is 10.3. The highest BCUT2D eigenvalue weighted by Crippen LogP contribution is 2.24. The third-order valence-electron chi connectivity index (χ3n) is 5.91. The number of aryl methyl sites for hydroxylation is 1. The Morgan fingerprint density at radius 2 is 1.57 bits per heavy atom. The highest BCUT2D eigenvalue weighted by Gasteiger charge is 2.30. The van der Waals surface area contributed by atoms with Gasteiger partial charge in [-0.1, -0.05) is 18.0 Å². The Hall–Kier alpha value is -2.03. The minimum atomic E-state index is -3.55. The number of hydrogen-bond donors (Lipinski definition) is 0. The van der Waals surface area contributed by atoms with Crippen LogP contribution in [0.5, 0.6) is 0 Å². The maximum absolute atomic E-state index is 13.1. The van der Waals surface area contributed by atoms with Gasteiger partial charge in [0, 0.05) is 63.2 Å². The van der Waals surface area contributed by atoms with Gasteiger partial charge in [-0.05, 0) is 43.2 Å². The van der Waals surface area contributed by atoms with Crippen LogP contribution in [0.2, 0.25) is 5.02 Å². The van der Waals surface area contributed by atoms with Gasteiger partial charge >= 0.3 is 0 Å². The Labute approximate surface area is 182 Å². The van der Waals surface area contributed by atoms with Gasteiger partial charge in [-0.15, -0.1) is 0 Å². The lowest BCUT2D eigenvalue weighted by Gasteiger charge is -2.36. The van der Waals surface area contributed by atoms with Gasteiger partial charge in [0.1, 0.15) is 10.6 Å². The zero-order chi connectivity index (χ0) is 21.3. The molecule has 2 aromatic rings. The van der Waals surface area contributed by atoms with Crippen LogP contribution in [0.15, 0.2) is 41.4 Å². The average Bonchev–Trinajstić information content (AvgIpc) is 3.17. The molecule has 0 atom stereocenters. The fraction of sp³-hybridized carbons (Fsp3) is 0.476. The maximum Gasteiger partial charge on any atom is 0.270 e. The first-order valence-corrected chi connectivity index (χ1v) is 12.1. The number of anilines is 1. The molecule has 0 radical (unpaired) electrons. The third kappa shape index (κ3) is 4.22.